The van der Waals surface area contributed by atoms with Crippen molar-refractivity contribution in [3.05, 3.63) is 45.9 Å². The van der Waals surface area contributed by atoms with Gasteiger partial charge in [0.25, 0.3) is 0 Å². The van der Waals surface area contributed by atoms with Crippen molar-refractivity contribution in [3.8, 4) is 0 Å². The smallest absolute Gasteiger partial charge is 0.190 e. The number of rotatable bonds is 7. The van der Waals surface area contributed by atoms with E-state index >= 15 is 0 Å². The van der Waals surface area contributed by atoms with Gasteiger partial charge in [0.1, 0.15) is 0 Å². The zero-order chi connectivity index (χ0) is 18.3. The predicted octanol–water partition coefficient (Wildman–Crippen LogP) is 2.42. The SMILES string of the molecule is CN=C(NCCc1ccc(S(C)(=O)=O)cc1)NCCc1csc(C)n1.I. The number of aromatic nitrogens is 1. The first-order valence-corrected chi connectivity index (χ1v) is 10.8. The van der Waals surface area contributed by atoms with Crippen LogP contribution in [0.25, 0.3) is 0 Å². The zero-order valence-electron chi connectivity index (χ0n) is 15.2. The molecule has 0 saturated heterocycles. The van der Waals surface area contributed by atoms with Crippen molar-refractivity contribution in [3.63, 3.8) is 0 Å². The number of guanidine groups is 1. The number of hydrogen-bond donors (Lipinski definition) is 2. The highest BCUT2D eigenvalue weighted by molar-refractivity contribution is 14.0. The Morgan fingerprint density at radius 1 is 1.15 bits per heavy atom. The van der Waals surface area contributed by atoms with E-state index in [9.17, 15) is 8.42 Å². The summed E-state index contributed by atoms with van der Waals surface area (Å²) in [7, 11) is -1.40. The number of halogens is 1. The second kappa shape index (κ2) is 10.8. The fraction of sp³-hybridized carbons (Fsp3) is 0.412. The lowest BCUT2D eigenvalue weighted by atomic mass is 10.1. The second-order valence-electron chi connectivity index (χ2n) is 5.70. The summed E-state index contributed by atoms with van der Waals surface area (Å²) in [5.74, 6) is 0.750. The van der Waals surface area contributed by atoms with Crippen LogP contribution in [-0.2, 0) is 22.7 Å². The molecule has 0 amide bonds. The van der Waals surface area contributed by atoms with Crippen LogP contribution in [-0.4, -0.2) is 45.8 Å². The summed E-state index contributed by atoms with van der Waals surface area (Å²) in [5.41, 5.74) is 2.17. The highest BCUT2D eigenvalue weighted by Crippen LogP contribution is 2.10. The molecule has 0 aliphatic heterocycles. The van der Waals surface area contributed by atoms with Gasteiger partial charge in [0, 0.05) is 38.2 Å². The molecule has 2 N–H and O–H groups in total. The van der Waals surface area contributed by atoms with Crippen LogP contribution in [0.5, 0.6) is 0 Å². The number of aliphatic imine (C=N–C) groups is 1. The standard InChI is InChI=1S/C17H24N4O2S2.HI/c1-13-21-15(12-24-13)9-11-20-17(18-2)19-10-8-14-4-6-16(7-5-14)25(3,22)23;/h4-7,12H,8-11H2,1-3H3,(H2,18,19,20);1H. The van der Waals surface area contributed by atoms with E-state index in [-0.39, 0.29) is 24.0 Å². The Bertz CT molecular complexity index is 818. The normalized spacial score (nSPS) is 11.7. The molecule has 0 aliphatic rings. The van der Waals surface area contributed by atoms with Gasteiger partial charge in [-0.25, -0.2) is 13.4 Å². The van der Waals surface area contributed by atoms with Crippen LogP contribution < -0.4 is 10.6 Å². The molecular formula is C17H25IN4O2S2. The summed E-state index contributed by atoms with van der Waals surface area (Å²) in [4.78, 5) is 8.98. The number of aryl methyl sites for hydroxylation is 1. The lowest BCUT2D eigenvalue weighted by molar-refractivity contribution is 0.602. The Kier molecular flexibility index (Phi) is 9.51. The fourth-order valence-corrected chi connectivity index (χ4v) is 3.56. The molecule has 1 aromatic carbocycles. The molecule has 2 aromatic rings. The van der Waals surface area contributed by atoms with E-state index in [0.717, 1.165) is 41.6 Å². The molecule has 0 unspecified atom stereocenters. The summed E-state index contributed by atoms with van der Waals surface area (Å²) < 4.78 is 22.9. The second-order valence-corrected chi connectivity index (χ2v) is 8.78. The molecule has 0 radical (unpaired) electrons. The molecule has 0 spiro atoms. The number of benzene rings is 1. The van der Waals surface area contributed by atoms with Crippen LogP contribution >= 0.6 is 35.3 Å². The Hall–Kier alpha value is -1.20. The lowest BCUT2D eigenvalue weighted by Gasteiger charge is -2.11. The van der Waals surface area contributed by atoms with Crippen molar-refractivity contribution in [2.24, 2.45) is 4.99 Å². The molecular weight excluding hydrogens is 483 g/mol. The topological polar surface area (TPSA) is 83.5 Å². The molecule has 6 nitrogen and oxygen atoms in total. The highest BCUT2D eigenvalue weighted by atomic mass is 127. The minimum Gasteiger partial charge on any atom is -0.356 e. The van der Waals surface area contributed by atoms with E-state index < -0.39 is 9.84 Å². The maximum atomic E-state index is 11.5. The van der Waals surface area contributed by atoms with Crippen molar-refractivity contribution >= 4 is 51.1 Å². The Balaban J connectivity index is 0.00000338. The third-order valence-corrected chi connectivity index (χ3v) is 5.57. The van der Waals surface area contributed by atoms with Gasteiger partial charge in [-0.15, -0.1) is 35.3 Å². The molecule has 1 aromatic heterocycles. The maximum absolute atomic E-state index is 11.5. The number of hydrogen-bond acceptors (Lipinski definition) is 5. The molecule has 9 heteroatoms. The zero-order valence-corrected chi connectivity index (χ0v) is 19.1. The van der Waals surface area contributed by atoms with Gasteiger partial charge in [0.2, 0.25) is 0 Å². The van der Waals surface area contributed by atoms with Gasteiger partial charge >= 0.3 is 0 Å². The molecule has 2 rings (SSSR count). The van der Waals surface area contributed by atoms with Gasteiger partial charge in [0.15, 0.2) is 15.8 Å². The summed E-state index contributed by atoms with van der Waals surface area (Å²) >= 11 is 1.66. The largest absolute Gasteiger partial charge is 0.356 e. The molecule has 0 aliphatic carbocycles. The fourth-order valence-electron chi connectivity index (χ4n) is 2.28. The number of nitrogens with zero attached hydrogens (tertiary/aromatic N) is 2. The molecule has 0 fully saturated rings. The van der Waals surface area contributed by atoms with Crippen molar-refractivity contribution in [1.82, 2.24) is 15.6 Å². The molecule has 0 atom stereocenters. The van der Waals surface area contributed by atoms with E-state index in [4.69, 9.17) is 0 Å². The summed E-state index contributed by atoms with van der Waals surface area (Å²) in [5, 5.41) is 9.68. The number of sulfone groups is 1. The van der Waals surface area contributed by atoms with Crippen molar-refractivity contribution < 1.29 is 8.42 Å². The minimum atomic E-state index is -3.14. The van der Waals surface area contributed by atoms with Crippen LogP contribution in [0, 0.1) is 6.92 Å². The van der Waals surface area contributed by atoms with Gasteiger partial charge in [-0.3, -0.25) is 4.99 Å². The highest BCUT2D eigenvalue weighted by Gasteiger charge is 2.06. The molecule has 144 valence electrons. The first kappa shape index (κ1) is 22.8. The predicted molar refractivity (Wildman–Crippen MR) is 119 cm³/mol. The first-order chi connectivity index (χ1) is 11.9. The monoisotopic (exact) mass is 508 g/mol. The van der Waals surface area contributed by atoms with Crippen molar-refractivity contribution in [2.45, 2.75) is 24.7 Å². The van der Waals surface area contributed by atoms with Gasteiger partial charge in [-0.2, -0.15) is 0 Å². The Morgan fingerprint density at radius 3 is 2.27 bits per heavy atom. The van der Waals surface area contributed by atoms with Crippen LogP contribution in [0.15, 0.2) is 39.5 Å². The summed E-state index contributed by atoms with van der Waals surface area (Å²) in [6.45, 7) is 3.49. The van der Waals surface area contributed by atoms with Gasteiger partial charge in [0.05, 0.1) is 15.6 Å². The van der Waals surface area contributed by atoms with E-state index in [1.165, 1.54) is 6.26 Å². The van der Waals surface area contributed by atoms with Gasteiger partial charge in [-0.1, -0.05) is 12.1 Å². The molecule has 26 heavy (non-hydrogen) atoms. The van der Waals surface area contributed by atoms with E-state index in [2.05, 4.69) is 26.0 Å². The first-order valence-electron chi connectivity index (χ1n) is 8.03. The quantitative estimate of drug-likeness (QED) is 0.341. The van der Waals surface area contributed by atoms with Crippen molar-refractivity contribution in [2.75, 3.05) is 26.4 Å². The van der Waals surface area contributed by atoms with Gasteiger partial charge < -0.3 is 10.6 Å². The Morgan fingerprint density at radius 2 is 1.77 bits per heavy atom. The van der Waals surface area contributed by atoms with E-state index in [0.29, 0.717) is 11.4 Å². The third-order valence-electron chi connectivity index (χ3n) is 3.62. The number of thiazole rings is 1. The van der Waals surface area contributed by atoms with Crippen LogP contribution in [0.4, 0.5) is 0 Å². The van der Waals surface area contributed by atoms with E-state index in [1.54, 1.807) is 30.5 Å². The molecule has 0 bridgehead atoms. The molecule has 0 saturated carbocycles. The Labute approximate surface area is 176 Å². The minimum absolute atomic E-state index is 0. The summed E-state index contributed by atoms with van der Waals surface area (Å²) in [6.07, 6.45) is 2.86. The maximum Gasteiger partial charge on any atom is 0.190 e. The summed E-state index contributed by atoms with van der Waals surface area (Å²) in [6, 6.07) is 6.98. The lowest BCUT2D eigenvalue weighted by Crippen LogP contribution is -2.39. The van der Waals surface area contributed by atoms with Crippen molar-refractivity contribution in [1.29, 1.82) is 0 Å². The van der Waals surface area contributed by atoms with Crippen LogP contribution in [0.1, 0.15) is 16.3 Å². The number of nitrogens with one attached hydrogen (secondary N) is 2. The van der Waals surface area contributed by atoms with Crippen LogP contribution in [0.2, 0.25) is 0 Å². The van der Waals surface area contributed by atoms with Gasteiger partial charge in [-0.05, 0) is 31.0 Å². The molecule has 1 heterocycles. The van der Waals surface area contributed by atoms with E-state index in [1.807, 2.05) is 19.1 Å². The third kappa shape index (κ3) is 7.58. The average molecular weight is 508 g/mol. The average Bonchev–Trinajstić information content (AvgIpc) is 2.98. The van der Waals surface area contributed by atoms with Crippen LogP contribution in [0.3, 0.4) is 0 Å².